The number of hydrogen-bond acceptors (Lipinski definition) is 7. The van der Waals surface area contributed by atoms with Crippen molar-refractivity contribution in [1.82, 2.24) is 0 Å². The van der Waals surface area contributed by atoms with Gasteiger partial charge in [0.05, 0.1) is 12.7 Å². The second-order valence-electron chi connectivity index (χ2n) is 4.56. The summed E-state index contributed by atoms with van der Waals surface area (Å²) in [6, 6.07) is 0. The molecule has 2 unspecified atom stereocenters. The van der Waals surface area contributed by atoms with E-state index < -0.39 is 18.0 Å². The quantitative estimate of drug-likeness (QED) is 0.396. The number of aliphatic carboxylic acids is 1. The van der Waals surface area contributed by atoms with Gasteiger partial charge in [-0.3, -0.25) is 0 Å². The Morgan fingerprint density at radius 3 is 1.96 bits per heavy atom. The van der Waals surface area contributed by atoms with Crippen LogP contribution in [0.5, 0.6) is 0 Å². The average Bonchev–Trinajstić information content (AvgIpc) is 3.35. The van der Waals surface area contributed by atoms with Crippen molar-refractivity contribution >= 4 is 17.9 Å². The van der Waals surface area contributed by atoms with Crippen LogP contribution in [-0.2, 0) is 28.6 Å². The monoisotopic (exact) mass is 344 g/mol. The zero-order valence-electron chi connectivity index (χ0n) is 13.9. The van der Waals surface area contributed by atoms with Crippen molar-refractivity contribution in [3.8, 4) is 0 Å². The van der Waals surface area contributed by atoms with E-state index in [0.29, 0.717) is 13.2 Å². The summed E-state index contributed by atoms with van der Waals surface area (Å²) in [5.74, 6) is -1.82. The molecular formula is C16H24O8. The number of aliphatic hydroxyl groups is 1. The molecule has 0 aliphatic carbocycles. The first-order chi connectivity index (χ1) is 11.1. The van der Waals surface area contributed by atoms with Crippen LogP contribution >= 0.6 is 0 Å². The Kier molecular flexibility index (Phi) is 14.1. The number of carbonyl (C=O) groups is 3. The van der Waals surface area contributed by atoms with E-state index in [2.05, 4.69) is 29.2 Å². The molecule has 1 heterocycles. The fraction of sp³-hybridized carbons (Fsp3) is 0.438. The van der Waals surface area contributed by atoms with Gasteiger partial charge in [0.1, 0.15) is 19.3 Å². The number of carboxylic acid groups (broad SMARTS) is 1. The molecule has 0 saturated carbocycles. The third-order valence-electron chi connectivity index (χ3n) is 1.98. The minimum atomic E-state index is -0.935. The van der Waals surface area contributed by atoms with Crippen molar-refractivity contribution in [1.29, 1.82) is 0 Å². The van der Waals surface area contributed by atoms with Gasteiger partial charge in [0.2, 0.25) is 0 Å². The molecule has 0 bridgehead atoms. The van der Waals surface area contributed by atoms with Gasteiger partial charge >= 0.3 is 17.9 Å². The molecular weight excluding hydrogens is 320 g/mol. The highest BCUT2D eigenvalue weighted by molar-refractivity contribution is 5.84. The highest BCUT2D eigenvalue weighted by Crippen LogP contribution is 2.08. The normalized spacial score (nSPS) is 15.0. The first kappa shape index (κ1) is 23.8. The molecule has 0 aromatic carbocycles. The number of rotatable bonds is 7. The summed E-state index contributed by atoms with van der Waals surface area (Å²) < 4.78 is 13.9. The molecule has 136 valence electrons. The molecule has 24 heavy (non-hydrogen) atoms. The largest absolute Gasteiger partial charge is 0.478 e. The third kappa shape index (κ3) is 19.6. The third-order valence-corrected chi connectivity index (χ3v) is 1.98. The van der Waals surface area contributed by atoms with Gasteiger partial charge in [0.15, 0.2) is 0 Å². The lowest BCUT2D eigenvalue weighted by molar-refractivity contribution is -0.140. The topological polar surface area (TPSA) is 123 Å². The Morgan fingerprint density at radius 1 is 1.25 bits per heavy atom. The van der Waals surface area contributed by atoms with E-state index in [4.69, 9.17) is 14.9 Å². The van der Waals surface area contributed by atoms with Crippen LogP contribution in [0.4, 0.5) is 0 Å². The summed E-state index contributed by atoms with van der Waals surface area (Å²) in [5.41, 5.74) is 0.176. The van der Waals surface area contributed by atoms with E-state index in [1.165, 1.54) is 13.8 Å². The summed E-state index contributed by atoms with van der Waals surface area (Å²) in [4.78, 5) is 30.2. The first-order valence-corrected chi connectivity index (χ1v) is 6.90. The standard InChI is InChI=1S/C6H8O3.C6H10O3.C4H6O2/c1-2-6(7)9-4-5-3-8-5;1-3-6(8)9-4-5(2)7;1-3(2)4(5)6/h2,5H,1,3-4H2;3,5,7H,1,4H2,2H3;1H2,2H3,(H,5,6). The molecule has 8 heteroatoms. The number of aliphatic hydroxyl groups excluding tert-OH is 1. The van der Waals surface area contributed by atoms with Crippen molar-refractivity contribution < 1.29 is 38.8 Å². The van der Waals surface area contributed by atoms with Crippen LogP contribution in [0.3, 0.4) is 0 Å². The van der Waals surface area contributed by atoms with E-state index in [9.17, 15) is 14.4 Å². The van der Waals surface area contributed by atoms with Crippen LogP contribution in [0.1, 0.15) is 13.8 Å². The molecule has 0 radical (unpaired) electrons. The van der Waals surface area contributed by atoms with E-state index in [0.717, 1.165) is 12.2 Å². The van der Waals surface area contributed by atoms with Crippen LogP contribution in [0.2, 0.25) is 0 Å². The zero-order chi connectivity index (χ0) is 19.1. The van der Waals surface area contributed by atoms with E-state index in [1.807, 2.05) is 0 Å². The fourth-order valence-electron chi connectivity index (χ4n) is 0.660. The highest BCUT2D eigenvalue weighted by Gasteiger charge is 2.23. The molecule has 0 spiro atoms. The lowest BCUT2D eigenvalue weighted by Gasteiger charge is -2.02. The van der Waals surface area contributed by atoms with Gasteiger partial charge in [-0.1, -0.05) is 19.7 Å². The minimum Gasteiger partial charge on any atom is -0.478 e. The fourth-order valence-corrected chi connectivity index (χ4v) is 0.660. The number of ether oxygens (including phenoxy) is 3. The summed E-state index contributed by atoms with van der Waals surface area (Å²) in [6.07, 6.45) is 1.74. The predicted molar refractivity (Wildman–Crippen MR) is 86.2 cm³/mol. The zero-order valence-corrected chi connectivity index (χ0v) is 13.9. The Balaban J connectivity index is 0. The molecule has 1 rings (SSSR count). The Labute approximate surface area is 141 Å². The molecule has 0 amide bonds. The Morgan fingerprint density at radius 2 is 1.67 bits per heavy atom. The number of esters is 2. The van der Waals surface area contributed by atoms with Crippen LogP contribution in [-0.4, -0.2) is 60.1 Å². The summed E-state index contributed by atoms with van der Waals surface area (Å²) in [7, 11) is 0. The molecule has 8 nitrogen and oxygen atoms in total. The predicted octanol–water partition coefficient (Wildman–Crippen LogP) is 0.858. The number of epoxide rings is 1. The Hall–Kier alpha value is -2.45. The molecule has 1 aliphatic rings. The molecule has 2 N–H and O–H groups in total. The number of carboxylic acids is 1. The smallest absolute Gasteiger partial charge is 0.330 e. The second kappa shape index (κ2) is 14.2. The van der Waals surface area contributed by atoms with E-state index in [-0.39, 0.29) is 24.3 Å². The van der Waals surface area contributed by atoms with Crippen molar-refractivity contribution in [3.05, 3.63) is 37.5 Å². The van der Waals surface area contributed by atoms with E-state index >= 15 is 0 Å². The first-order valence-electron chi connectivity index (χ1n) is 6.90. The van der Waals surface area contributed by atoms with E-state index in [1.54, 1.807) is 0 Å². The lowest BCUT2D eigenvalue weighted by atomic mass is 10.4. The van der Waals surface area contributed by atoms with Gasteiger partial charge in [0, 0.05) is 17.7 Å². The van der Waals surface area contributed by atoms with Crippen LogP contribution in [0.15, 0.2) is 37.5 Å². The molecule has 2 atom stereocenters. The van der Waals surface area contributed by atoms with Crippen LogP contribution < -0.4 is 0 Å². The molecule has 1 saturated heterocycles. The molecule has 0 aromatic rings. The van der Waals surface area contributed by atoms with Gasteiger partial charge in [-0.2, -0.15) is 0 Å². The summed E-state index contributed by atoms with van der Waals surface area (Å²) in [6.45, 7) is 13.7. The average molecular weight is 344 g/mol. The van der Waals surface area contributed by atoms with Gasteiger partial charge in [-0.25, -0.2) is 14.4 Å². The van der Waals surface area contributed by atoms with Crippen molar-refractivity contribution in [3.63, 3.8) is 0 Å². The summed E-state index contributed by atoms with van der Waals surface area (Å²) >= 11 is 0. The van der Waals surface area contributed by atoms with Gasteiger partial charge < -0.3 is 24.4 Å². The molecule has 1 aliphatic heterocycles. The van der Waals surface area contributed by atoms with Crippen molar-refractivity contribution in [2.75, 3.05) is 19.8 Å². The maximum absolute atomic E-state index is 10.3. The lowest BCUT2D eigenvalue weighted by Crippen LogP contribution is -2.13. The van der Waals surface area contributed by atoms with Gasteiger partial charge in [-0.05, 0) is 13.8 Å². The maximum atomic E-state index is 10.3. The van der Waals surface area contributed by atoms with Crippen molar-refractivity contribution in [2.45, 2.75) is 26.1 Å². The van der Waals surface area contributed by atoms with Crippen molar-refractivity contribution in [2.24, 2.45) is 0 Å². The number of hydrogen-bond donors (Lipinski definition) is 2. The van der Waals surface area contributed by atoms with Gasteiger partial charge in [-0.15, -0.1) is 0 Å². The molecule has 0 aromatic heterocycles. The highest BCUT2D eigenvalue weighted by atomic mass is 16.6. The molecule has 1 fully saturated rings. The van der Waals surface area contributed by atoms with Crippen LogP contribution in [0, 0.1) is 0 Å². The number of carbonyl (C=O) groups excluding carboxylic acids is 2. The second-order valence-corrected chi connectivity index (χ2v) is 4.56. The maximum Gasteiger partial charge on any atom is 0.330 e. The van der Waals surface area contributed by atoms with Gasteiger partial charge in [0.25, 0.3) is 0 Å². The Bertz CT molecular complexity index is 415. The van der Waals surface area contributed by atoms with Crippen LogP contribution in [0.25, 0.3) is 0 Å². The minimum absolute atomic E-state index is 0.0326. The summed E-state index contributed by atoms with van der Waals surface area (Å²) in [5, 5.41) is 16.5. The SMILES string of the molecule is C=C(C)C(=O)O.C=CC(=O)OCC(C)O.C=CC(=O)OCC1CO1.